The van der Waals surface area contributed by atoms with Gasteiger partial charge in [0.05, 0.1) is 0 Å². The Kier molecular flexibility index (Phi) is 6.19. The van der Waals surface area contributed by atoms with Gasteiger partial charge in [0, 0.05) is 0 Å². The molecule has 0 amide bonds. The third-order valence-corrected chi connectivity index (χ3v) is 14.2. The van der Waals surface area contributed by atoms with E-state index in [9.17, 15) is 0 Å². The summed E-state index contributed by atoms with van der Waals surface area (Å²) < 4.78 is 7.50. The quantitative estimate of drug-likeness (QED) is 0.308. The average molecular weight is 437 g/mol. The van der Waals surface area contributed by atoms with Gasteiger partial charge in [0.2, 0.25) is 8.32 Å². The zero-order chi connectivity index (χ0) is 21.7. The van der Waals surface area contributed by atoms with Gasteiger partial charge in [-0.1, -0.05) is 128 Å². The molecule has 0 aromatic heterocycles. The van der Waals surface area contributed by atoms with E-state index in [1.807, 2.05) is 6.08 Å². The molecule has 0 aliphatic heterocycles. The maximum Gasteiger partial charge on any atom is 0.278 e. The largest absolute Gasteiger partial charge is 0.442 e. The van der Waals surface area contributed by atoms with Crippen LogP contribution in [0.4, 0.5) is 0 Å². The number of rotatable bonds is 7. The molecular formula is C28H28OSi2. The van der Waals surface area contributed by atoms with Gasteiger partial charge in [-0.2, -0.15) is 0 Å². The van der Waals surface area contributed by atoms with E-state index < -0.39 is 16.6 Å². The SMILES string of the molecule is C=Cc1ccc([Si](C)(C)O[Si](c2ccccc2)(c2ccccc2)c2ccccc2)cc1. The second-order valence-electron chi connectivity index (χ2n) is 8.22. The summed E-state index contributed by atoms with van der Waals surface area (Å²) in [4.78, 5) is 0. The fraction of sp³-hybridized carbons (Fsp3) is 0.0714. The molecule has 0 spiro atoms. The minimum atomic E-state index is -2.72. The molecule has 4 rings (SSSR count). The van der Waals surface area contributed by atoms with E-state index in [0.29, 0.717) is 0 Å². The van der Waals surface area contributed by atoms with Gasteiger partial charge in [0.25, 0.3) is 8.32 Å². The monoisotopic (exact) mass is 436 g/mol. The standard InChI is InChI=1S/C28H28OSi2/c1-4-24-20-22-25(23-21-24)30(2,3)29-31(26-14-8-5-9-15-26,27-16-10-6-11-17-27)28-18-12-7-13-19-28/h4-23H,1H2,2-3H3. The van der Waals surface area contributed by atoms with Crippen molar-refractivity contribution in [2.24, 2.45) is 0 Å². The lowest BCUT2D eigenvalue weighted by Crippen LogP contribution is -2.73. The Balaban J connectivity index is 1.94. The first kappa shape index (κ1) is 21.3. The summed E-state index contributed by atoms with van der Waals surface area (Å²) in [5.41, 5.74) is 1.13. The van der Waals surface area contributed by atoms with Crippen LogP contribution in [0.3, 0.4) is 0 Å². The van der Waals surface area contributed by atoms with Gasteiger partial charge >= 0.3 is 0 Å². The number of benzene rings is 4. The van der Waals surface area contributed by atoms with Crippen LogP contribution in [0.1, 0.15) is 5.56 Å². The van der Waals surface area contributed by atoms with Gasteiger partial charge in [-0.25, -0.2) is 0 Å². The molecular weight excluding hydrogens is 408 g/mol. The second kappa shape index (κ2) is 9.02. The maximum atomic E-state index is 7.50. The molecule has 4 aromatic rings. The summed E-state index contributed by atoms with van der Waals surface area (Å²) >= 11 is 0. The molecule has 0 N–H and O–H groups in total. The maximum absolute atomic E-state index is 7.50. The molecule has 0 bridgehead atoms. The van der Waals surface area contributed by atoms with Crippen LogP contribution in [-0.4, -0.2) is 16.6 Å². The third-order valence-electron chi connectivity index (χ3n) is 5.79. The van der Waals surface area contributed by atoms with Gasteiger partial charge in [-0.05, 0) is 39.4 Å². The normalized spacial score (nSPS) is 11.8. The first-order valence-corrected chi connectivity index (χ1v) is 15.5. The van der Waals surface area contributed by atoms with Crippen molar-refractivity contribution in [3.05, 3.63) is 127 Å². The van der Waals surface area contributed by atoms with Crippen molar-refractivity contribution < 1.29 is 4.12 Å². The van der Waals surface area contributed by atoms with Crippen LogP contribution < -0.4 is 20.7 Å². The minimum absolute atomic E-state index is 1.13. The van der Waals surface area contributed by atoms with Crippen molar-refractivity contribution in [1.82, 2.24) is 0 Å². The van der Waals surface area contributed by atoms with E-state index in [1.54, 1.807) is 0 Å². The van der Waals surface area contributed by atoms with E-state index in [0.717, 1.165) is 5.56 Å². The average Bonchev–Trinajstić information content (AvgIpc) is 2.84. The van der Waals surface area contributed by atoms with Gasteiger partial charge in [-0.15, -0.1) is 0 Å². The number of hydrogen-bond donors (Lipinski definition) is 0. The Morgan fingerprint density at radius 1 is 0.548 bits per heavy atom. The Morgan fingerprint density at radius 2 is 0.935 bits per heavy atom. The predicted octanol–water partition coefficient (Wildman–Crippen LogP) is 4.43. The van der Waals surface area contributed by atoms with Gasteiger partial charge < -0.3 is 4.12 Å². The highest BCUT2D eigenvalue weighted by Gasteiger charge is 2.46. The summed E-state index contributed by atoms with van der Waals surface area (Å²) in [5.74, 6) is 0. The fourth-order valence-electron chi connectivity index (χ4n) is 4.16. The Morgan fingerprint density at radius 3 is 1.29 bits per heavy atom. The van der Waals surface area contributed by atoms with Gasteiger partial charge in [-0.3, -0.25) is 0 Å². The topological polar surface area (TPSA) is 9.23 Å². The van der Waals surface area contributed by atoms with Crippen LogP contribution in [0.25, 0.3) is 6.08 Å². The summed E-state index contributed by atoms with van der Waals surface area (Å²) in [7, 11) is -4.99. The van der Waals surface area contributed by atoms with Gasteiger partial charge in [0.15, 0.2) is 0 Å². The first-order chi connectivity index (χ1) is 15.1. The summed E-state index contributed by atoms with van der Waals surface area (Å²) in [6.45, 7) is 8.51. The lowest BCUT2D eigenvalue weighted by atomic mass is 10.2. The van der Waals surface area contributed by atoms with E-state index in [2.05, 4.69) is 135 Å². The first-order valence-electron chi connectivity index (χ1n) is 10.7. The second-order valence-corrected chi connectivity index (χ2v) is 15.7. The zero-order valence-corrected chi connectivity index (χ0v) is 20.2. The lowest BCUT2D eigenvalue weighted by Gasteiger charge is -2.40. The molecule has 0 heterocycles. The Bertz CT molecular complexity index is 1030. The highest BCUT2D eigenvalue weighted by atomic mass is 28.4. The molecule has 31 heavy (non-hydrogen) atoms. The van der Waals surface area contributed by atoms with Crippen LogP contribution >= 0.6 is 0 Å². The molecule has 0 saturated carbocycles. The molecule has 0 aliphatic carbocycles. The van der Waals surface area contributed by atoms with Crippen molar-refractivity contribution in [3.8, 4) is 0 Å². The summed E-state index contributed by atoms with van der Waals surface area (Å²) in [6, 6.07) is 41.1. The predicted molar refractivity (Wildman–Crippen MR) is 139 cm³/mol. The van der Waals surface area contributed by atoms with Crippen LogP contribution in [0.2, 0.25) is 13.1 Å². The fourth-order valence-corrected chi connectivity index (χ4v) is 13.1. The molecule has 0 aliphatic rings. The highest BCUT2D eigenvalue weighted by molar-refractivity contribution is 7.11. The Labute approximate surface area is 187 Å². The summed E-state index contributed by atoms with van der Waals surface area (Å²) in [5, 5.41) is 5.11. The van der Waals surface area contributed by atoms with E-state index in [1.165, 1.54) is 20.7 Å². The van der Waals surface area contributed by atoms with Crippen molar-refractivity contribution in [3.63, 3.8) is 0 Å². The molecule has 0 atom stereocenters. The molecule has 0 unspecified atom stereocenters. The van der Waals surface area contributed by atoms with Crippen LogP contribution in [0.5, 0.6) is 0 Å². The van der Waals surface area contributed by atoms with Crippen LogP contribution in [0.15, 0.2) is 122 Å². The highest BCUT2D eigenvalue weighted by Crippen LogP contribution is 2.17. The third kappa shape index (κ3) is 4.26. The Hall–Kier alpha value is -2.99. The van der Waals surface area contributed by atoms with E-state index in [4.69, 9.17) is 4.12 Å². The van der Waals surface area contributed by atoms with Crippen LogP contribution in [0, 0.1) is 0 Å². The molecule has 154 valence electrons. The molecule has 0 radical (unpaired) electrons. The minimum Gasteiger partial charge on any atom is -0.442 e. The van der Waals surface area contributed by atoms with Crippen molar-refractivity contribution >= 4 is 43.5 Å². The molecule has 0 fully saturated rings. The molecule has 4 aromatic carbocycles. The van der Waals surface area contributed by atoms with Gasteiger partial charge in [0.1, 0.15) is 0 Å². The van der Waals surface area contributed by atoms with Crippen molar-refractivity contribution in [1.29, 1.82) is 0 Å². The lowest BCUT2D eigenvalue weighted by molar-refractivity contribution is 0.586. The molecule has 0 saturated heterocycles. The van der Waals surface area contributed by atoms with E-state index in [-0.39, 0.29) is 0 Å². The van der Waals surface area contributed by atoms with Crippen LogP contribution in [-0.2, 0) is 4.12 Å². The molecule has 1 nitrogen and oxygen atoms in total. The van der Waals surface area contributed by atoms with Crippen molar-refractivity contribution in [2.45, 2.75) is 13.1 Å². The number of hydrogen-bond acceptors (Lipinski definition) is 1. The zero-order valence-electron chi connectivity index (χ0n) is 18.2. The smallest absolute Gasteiger partial charge is 0.278 e. The van der Waals surface area contributed by atoms with Crippen molar-refractivity contribution in [2.75, 3.05) is 0 Å². The molecule has 3 heteroatoms. The summed E-state index contributed by atoms with van der Waals surface area (Å²) in [6.07, 6.45) is 1.89. The van der Waals surface area contributed by atoms with E-state index >= 15 is 0 Å².